The van der Waals surface area contributed by atoms with Crippen LogP contribution in [0.15, 0.2) is 16.7 Å². The predicted molar refractivity (Wildman–Crippen MR) is 80.3 cm³/mol. The summed E-state index contributed by atoms with van der Waals surface area (Å²) in [5, 5.41) is 3.98. The molecule has 0 aromatic carbocycles. The molecular formula is C13H19BrClN3. The number of hydrogen-bond donors (Lipinski definition) is 1. The molecule has 3 nitrogen and oxygen atoms in total. The third kappa shape index (κ3) is 3.84. The lowest BCUT2D eigenvalue weighted by Gasteiger charge is -2.24. The van der Waals surface area contributed by atoms with E-state index >= 15 is 0 Å². The van der Waals surface area contributed by atoms with E-state index in [1.165, 1.54) is 25.7 Å². The van der Waals surface area contributed by atoms with Crippen LogP contribution in [0.3, 0.4) is 0 Å². The van der Waals surface area contributed by atoms with E-state index in [4.69, 9.17) is 11.6 Å². The van der Waals surface area contributed by atoms with E-state index in [2.05, 4.69) is 38.2 Å². The highest BCUT2D eigenvalue weighted by Crippen LogP contribution is 2.24. The van der Waals surface area contributed by atoms with Crippen LogP contribution in [0, 0.1) is 0 Å². The number of rotatable bonds is 5. The Bertz CT molecular complexity index is 394. The maximum Gasteiger partial charge on any atom is 0.140 e. The van der Waals surface area contributed by atoms with Gasteiger partial charge in [-0.05, 0) is 41.9 Å². The van der Waals surface area contributed by atoms with Gasteiger partial charge in [0.1, 0.15) is 5.82 Å². The first-order chi connectivity index (χ1) is 8.66. The van der Waals surface area contributed by atoms with Gasteiger partial charge in [0, 0.05) is 25.3 Å². The maximum absolute atomic E-state index is 5.86. The highest BCUT2D eigenvalue weighted by atomic mass is 79.9. The van der Waals surface area contributed by atoms with E-state index in [0.717, 1.165) is 29.4 Å². The minimum atomic E-state index is 0.649. The van der Waals surface area contributed by atoms with Crippen LogP contribution in [0.5, 0.6) is 0 Å². The summed E-state index contributed by atoms with van der Waals surface area (Å²) < 4.78 is 0.915. The summed E-state index contributed by atoms with van der Waals surface area (Å²) in [5.74, 6) is 0.860. The van der Waals surface area contributed by atoms with E-state index in [1.807, 2.05) is 6.07 Å². The number of halogens is 2. The van der Waals surface area contributed by atoms with Gasteiger partial charge in [-0.3, -0.25) is 0 Å². The zero-order valence-corrected chi connectivity index (χ0v) is 13.0. The zero-order valence-electron chi connectivity index (χ0n) is 10.6. The molecule has 0 amide bonds. The summed E-state index contributed by atoms with van der Waals surface area (Å²) in [6.45, 7) is 1.95. The van der Waals surface area contributed by atoms with Gasteiger partial charge in [0.25, 0.3) is 0 Å². The number of nitrogens with one attached hydrogen (secondary N) is 1. The van der Waals surface area contributed by atoms with Crippen molar-refractivity contribution in [2.24, 2.45) is 0 Å². The molecule has 2 rings (SSSR count). The molecule has 1 saturated carbocycles. The molecule has 0 atom stereocenters. The monoisotopic (exact) mass is 331 g/mol. The molecule has 1 aliphatic rings. The van der Waals surface area contributed by atoms with Gasteiger partial charge in [-0.2, -0.15) is 0 Å². The van der Waals surface area contributed by atoms with Crippen molar-refractivity contribution in [3.63, 3.8) is 0 Å². The number of nitrogens with zero attached hydrogens (tertiary/aromatic N) is 2. The van der Waals surface area contributed by atoms with Crippen LogP contribution in [0.4, 0.5) is 5.82 Å². The molecule has 0 bridgehead atoms. The number of aromatic nitrogens is 1. The van der Waals surface area contributed by atoms with Gasteiger partial charge in [0.2, 0.25) is 0 Å². The van der Waals surface area contributed by atoms with Crippen molar-refractivity contribution in [2.45, 2.75) is 31.7 Å². The van der Waals surface area contributed by atoms with Crippen LogP contribution in [-0.4, -0.2) is 36.1 Å². The summed E-state index contributed by atoms with van der Waals surface area (Å²) >= 11 is 9.32. The average Bonchev–Trinajstić information content (AvgIpc) is 2.85. The van der Waals surface area contributed by atoms with Crippen molar-refractivity contribution in [2.75, 3.05) is 25.5 Å². The lowest BCUT2D eigenvalue weighted by Crippen LogP contribution is -2.33. The Morgan fingerprint density at radius 3 is 2.89 bits per heavy atom. The summed E-state index contributed by atoms with van der Waals surface area (Å²) in [7, 11) is 2.21. The quantitative estimate of drug-likeness (QED) is 0.889. The third-order valence-corrected chi connectivity index (χ3v) is 4.32. The normalized spacial score (nSPS) is 16.4. The highest BCUT2D eigenvalue weighted by Gasteiger charge is 2.18. The molecule has 0 radical (unpaired) electrons. The molecule has 0 saturated heterocycles. The van der Waals surface area contributed by atoms with E-state index in [0.29, 0.717) is 5.02 Å². The molecule has 1 aromatic heterocycles. The molecule has 1 fully saturated rings. The Morgan fingerprint density at radius 2 is 2.22 bits per heavy atom. The number of anilines is 1. The van der Waals surface area contributed by atoms with Gasteiger partial charge in [-0.15, -0.1) is 0 Å². The summed E-state index contributed by atoms with van der Waals surface area (Å²) in [5.41, 5.74) is 0. The van der Waals surface area contributed by atoms with Crippen molar-refractivity contribution in [1.29, 1.82) is 0 Å². The molecule has 18 heavy (non-hydrogen) atoms. The molecule has 0 unspecified atom stereocenters. The maximum atomic E-state index is 5.86. The molecule has 1 heterocycles. The van der Waals surface area contributed by atoms with Crippen LogP contribution in [0.2, 0.25) is 5.02 Å². The van der Waals surface area contributed by atoms with E-state index in [9.17, 15) is 0 Å². The fourth-order valence-electron chi connectivity index (χ4n) is 2.42. The van der Waals surface area contributed by atoms with Gasteiger partial charge in [0.15, 0.2) is 0 Å². The van der Waals surface area contributed by atoms with Gasteiger partial charge in [-0.1, -0.05) is 24.4 Å². The van der Waals surface area contributed by atoms with Crippen LogP contribution >= 0.6 is 27.5 Å². The van der Waals surface area contributed by atoms with E-state index in [-0.39, 0.29) is 0 Å². The van der Waals surface area contributed by atoms with E-state index in [1.54, 1.807) is 6.20 Å². The molecule has 0 spiro atoms. The summed E-state index contributed by atoms with van der Waals surface area (Å²) in [6, 6.07) is 2.63. The molecule has 1 aliphatic carbocycles. The number of hydrogen-bond acceptors (Lipinski definition) is 3. The lowest BCUT2D eigenvalue weighted by atomic mass is 10.2. The summed E-state index contributed by atoms with van der Waals surface area (Å²) in [6.07, 6.45) is 7.12. The van der Waals surface area contributed by atoms with Crippen LogP contribution in [-0.2, 0) is 0 Å². The number of pyridine rings is 1. The van der Waals surface area contributed by atoms with Crippen molar-refractivity contribution < 1.29 is 0 Å². The number of likely N-dealkylation sites (N-methyl/N-ethyl adjacent to an activating group) is 1. The van der Waals surface area contributed by atoms with Crippen LogP contribution < -0.4 is 5.32 Å². The molecule has 100 valence electrons. The third-order valence-electron chi connectivity index (χ3n) is 3.51. The first-order valence-corrected chi connectivity index (χ1v) is 7.59. The van der Waals surface area contributed by atoms with Crippen LogP contribution in [0.25, 0.3) is 0 Å². The predicted octanol–water partition coefficient (Wildman–Crippen LogP) is 3.78. The minimum Gasteiger partial charge on any atom is -0.368 e. The zero-order chi connectivity index (χ0) is 13.0. The standard InChI is InChI=1S/C13H19BrClN3/c1-18(11-4-2-3-5-11)7-6-16-13-12(14)8-10(15)9-17-13/h8-9,11H,2-7H2,1H3,(H,16,17). The minimum absolute atomic E-state index is 0.649. The Hall–Kier alpha value is -0.320. The van der Waals surface area contributed by atoms with Crippen molar-refractivity contribution in [1.82, 2.24) is 9.88 Å². The van der Waals surface area contributed by atoms with Crippen molar-refractivity contribution >= 4 is 33.3 Å². The molecule has 1 N–H and O–H groups in total. The first kappa shape index (κ1) is 14.1. The largest absolute Gasteiger partial charge is 0.368 e. The van der Waals surface area contributed by atoms with Gasteiger partial charge in [-0.25, -0.2) is 4.98 Å². The molecule has 5 heteroatoms. The fourth-order valence-corrected chi connectivity index (χ4v) is 3.20. The Labute approximate surface area is 122 Å². The van der Waals surface area contributed by atoms with Gasteiger partial charge < -0.3 is 10.2 Å². The SMILES string of the molecule is CN(CCNc1ncc(Cl)cc1Br)C1CCCC1. The average molecular weight is 333 g/mol. The van der Waals surface area contributed by atoms with Crippen LogP contribution in [0.1, 0.15) is 25.7 Å². The second-order valence-electron chi connectivity index (χ2n) is 4.83. The Morgan fingerprint density at radius 1 is 1.50 bits per heavy atom. The van der Waals surface area contributed by atoms with Gasteiger partial charge >= 0.3 is 0 Å². The second-order valence-corrected chi connectivity index (χ2v) is 6.12. The smallest absolute Gasteiger partial charge is 0.140 e. The highest BCUT2D eigenvalue weighted by molar-refractivity contribution is 9.10. The molecule has 1 aromatic rings. The van der Waals surface area contributed by atoms with Crippen molar-refractivity contribution in [3.8, 4) is 0 Å². The summed E-state index contributed by atoms with van der Waals surface area (Å²) in [4.78, 5) is 6.71. The molecule has 0 aliphatic heterocycles. The lowest BCUT2D eigenvalue weighted by molar-refractivity contribution is 0.254. The second kappa shape index (κ2) is 6.73. The van der Waals surface area contributed by atoms with Gasteiger partial charge in [0.05, 0.1) is 9.50 Å². The Kier molecular flexibility index (Phi) is 5.27. The molecular weight excluding hydrogens is 314 g/mol. The van der Waals surface area contributed by atoms with Crippen molar-refractivity contribution in [3.05, 3.63) is 21.8 Å². The Balaban J connectivity index is 1.77. The van der Waals surface area contributed by atoms with E-state index < -0.39 is 0 Å². The fraction of sp³-hybridized carbons (Fsp3) is 0.615. The first-order valence-electron chi connectivity index (χ1n) is 6.42. The topological polar surface area (TPSA) is 28.2 Å².